The minimum atomic E-state index is -0.537. The highest BCUT2D eigenvalue weighted by Crippen LogP contribution is 2.19. The Kier molecular flexibility index (Phi) is 4.68. The van der Waals surface area contributed by atoms with Crippen LogP contribution in [0.4, 0.5) is 5.13 Å². The van der Waals surface area contributed by atoms with Crippen LogP contribution in [0, 0.1) is 0 Å². The highest BCUT2D eigenvalue weighted by molar-refractivity contribution is 7.14. The summed E-state index contributed by atoms with van der Waals surface area (Å²) in [6, 6.07) is 8.75. The zero-order valence-corrected chi connectivity index (χ0v) is 14.2. The normalized spacial score (nSPS) is 10.5. The second kappa shape index (κ2) is 6.90. The fraction of sp³-hybridized carbons (Fsp3) is 0.125. The van der Waals surface area contributed by atoms with Crippen LogP contribution in [0.3, 0.4) is 0 Å². The minimum absolute atomic E-state index is 0.142. The van der Waals surface area contributed by atoms with Crippen molar-refractivity contribution in [2.75, 3.05) is 11.9 Å². The summed E-state index contributed by atoms with van der Waals surface area (Å²) >= 11 is 1.99. The van der Waals surface area contributed by atoms with E-state index in [0.717, 1.165) is 22.7 Å². The highest BCUT2D eigenvalue weighted by atomic mass is 32.1. The number of aromatic nitrogens is 1. The summed E-state index contributed by atoms with van der Waals surface area (Å²) in [5.41, 5.74) is 0.142. The highest BCUT2D eigenvalue weighted by Gasteiger charge is 2.15. The SMILES string of the molecule is CCOC(=O)c1csc(NC(=O)c2cc3ccccc3c(=O)s2)n1. The Morgan fingerprint density at radius 2 is 2.08 bits per heavy atom. The van der Waals surface area contributed by atoms with Gasteiger partial charge in [-0.05, 0) is 24.4 Å². The van der Waals surface area contributed by atoms with Gasteiger partial charge in [0, 0.05) is 10.8 Å². The second-order valence-electron chi connectivity index (χ2n) is 4.70. The van der Waals surface area contributed by atoms with Crippen molar-refractivity contribution in [1.82, 2.24) is 4.98 Å². The number of anilines is 1. The van der Waals surface area contributed by atoms with Gasteiger partial charge in [0.15, 0.2) is 10.8 Å². The van der Waals surface area contributed by atoms with Crippen molar-refractivity contribution in [1.29, 1.82) is 0 Å². The van der Waals surface area contributed by atoms with Gasteiger partial charge in [0.2, 0.25) is 4.74 Å². The molecule has 2 heterocycles. The molecule has 3 rings (SSSR count). The van der Waals surface area contributed by atoms with Crippen molar-refractivity contribution in [3.05, 3.63) is 55.8 Å². The largest absolute Gasteiger partial charge is 0.461 e. The first-order chi connectivity index (χ1) is 11.6. The van der Waals surface area contributed by atoms with Gasteiger partial charge in [-0.15, -0.1) is 11.3 Å². The Bertz CT molecular complexity index is 977. The molecule has 8 heteroatoms. The molecule has 6 nitrogen and oxygen atoms in total. The topological polar surface area (TPSA) is 85.4 Å². The zero-order chi connectivity index (χ0) is 17.1. The molecule has 0 radical (unpaired) electrons. The molecule has 2 aromatic heterocycles. The van der Waals surface area contributed by atoms with Crippen molar-refractivity contribution in [3.8, 4) is 0 Å². The summed E-state index contributed by atoms with van der Waals surface area (Å²) in [6.07, 6.45) is 0. The first kappa shape index (κ1) is 16.3. The number of thiazole rings is 1. The Morgan fingerprint density at radius 3 is 2.88 bits per heavy atom. The molecule has 1 aromatic carbocycles. The van der Waals surface area contributed by atoms with Gasteiger partial charge in [-0.25, -0.2) is 9.78 Å². The average molecular weight is 360 g/mol. The lowest BCUT2D eigenvalue weighted by Crippen LogP contribution is -2.13. The third kappa shape index (κ3) is 3.34. The molecule has 0 atom stereocenters. The van der Waals surface area contributed by atoms with Gasteiger partial charge in [0.25, 0.3) is 5.91 Å². The molecule has 0 aliphatic carbocycles. The van der Waals surface area contributed by atoms with E-state index >= 15 is 0 Å². The lowest BCUT2D eigenvalue weighted by molar-refractivity contribution is 0.0520. The van der Waals surface area contributed by atoms with Crippen molar-refractivity contribution in [2.24, 2.45) is 0 Å². The number of fused-ring (bicyclic) bond motifs is 1. The smallest absolute Gasteiger partial charge is 0.357 e. The summed E-state index contributed by atoms with van der Waals surface area (Å²) in [4.78, 5) is 40.3. The molecule has 0 unspecified atom stereocenters. The molecule has 0 spiro atoms. The molecular formula is C16H12N2O4S2. The summed E-state index contributed by atoms with van der Waals surface area (Å²) in [6.45, 7) is 1.96. The monoisotopic (exact) mass is 360 g/mol. The van der Waals surface area contributed by atoms with Crippen molar-refractivity contribution in [2.45, 2.75) is 6.92 Å². The van der Waals surface area contributed by atoms with Gasteiger partial charge in [0.1, 0.15) is 0 Å². The van der Waals surface area contributed by atoms with Gasteiger partial charge in [-0.3, -0.25) is 14.9 Å². The van der Waals surface area contributed by atoms with E-state index in [1.807, 2.05) is 0 Å². The quantitative estimate of drug-likeness (QED) is 0.723. The standard InChI is InChI=1S/C16H12N2O4S2/c1-2-22-14(20)11-8-23-16(17-11)18-13(19)12-7-9-5-3-4-6-10(9)15(21)24-12/h3-8H,2H2,1H3,(H,17,18,19). The Labute approximate surface area is 144 Å². The third-order valence-electron chi connectivity index (χ3n) is 3.10. The lowest BCUT2D eigenvalue weighted by atomic mass is 10.2. The van der Waals surface area contributed by atoms with Crippen LogP contribution in [0.25, 0.3) is 10.8 Å². The van der Waals surface area contributed by atoms with E-state index < -0.39 is 11.9 Å². The summed E-state index contributed by atoms with van der Waals surface area (Å²) < 4.78 is 4.67. The fourth-order valence-corrected chi connectivity index (χ4v) is 3.53. The lowest BCUT2D eigenvalue weighted by Gasteiger charge is -2.02. The van der Waals surface area contributed by atoms with Gasteiger partial charge >= 0.3 is 5.97 Å². The van der Waals surface area contributed by atoms with Crippen molar-refractivity contribution >= 4 is 50.5 Å². The predicted molar refractivity (Wildman–Crippen MR) is 94.1 cm³/mol. The molecule has 0 saturated carbocycles. The van der Waals surface area contributed by atoms with Crippen LogP contribution in [0.15, 0.2) is 40.5 Å². The van der Waals surface area contributed by atoms with Crippen LogP contribution in [-0.4, -0.2) is 23.5 Å². The van der Waals surface area contributed by atoms with Crippen LogP contribution in [0.2, 0.25) is 0 Å². The maximum absolute atomic E-state index is 12.3. The molecule has 0 aliphatic heterocycles. The molecule has 0 fully saturated rings. The predicted octanol–water partition coefficient (Wildman–Crippen LogP) is 3.15. The third-order valence-corrected chi connectivity index (χ3v) is 4.79. The maximum Gasteiger partial charge on any atom is 0.357 e. The summed E-state index contributed by atoms with van der Waals surface area (Å²) in [7, 11) is 0. The first-order valence-electron chi connectivity index (χ1n) is 7.05. The van der Waals surface area contributed by atoms with Crippen LogP contribution < -0.4 is 10.1 Å². The number of nitrogens with one attached hydrogen (secondary N) is 1. The molecule has 0 aliphatic rings. The van der Waals surface area contributed by atoms with E-state index in [1.54, 1.807) is 37.3 Å². The van der Waals surface area contributed by atoms with Crippen molar-refractivity contribution < 1.29 is 14.3 Å². The Morgan fingerprint density at radius 1 is 1.29 bits per heavy atom. The minimum Gasteiger partial charge on any atom is -0.461 e. The molecule has 1 N–H and O–H groups in total. The number of nitrogens with zero attached hydrogens (tertiary/aromatic N) is 1. The first-order valence-corrected chi connectivity index (χ1v) is 8.75. The number of esters is 1. The Balaban J connectivity index is 1.83. The number of ether oxygens (including phenoxy) is 1. The van der Waals surface area contributed by atoms with E-state index in [0.29, 0.717) is 10.8 Å². The molecule has 122 valence electrons. The van der Waals surface area contributed by atoms with Crippen molar-refractivity contribution in [3.63, 3.8) is 0 Å². The van der Waals surface area contributed by atoms with Gasteiger partial charge in [-0.1, -0.05) is 29.5 Å². The number of amides is 1. The van der Waals surface area contributed by atoms with E-state index in [-0.39, 0.29) is 27.1 Å². The van der Waals surface area contributed by atoms with Crippen LogP contribution in [-0.2, 0) is 4.74 Å². The second-order valence-corrected chi connectivity index (χ2v) is 6.57. The average Bonchev–Trinajstić information content (AvgIpc) is 3.03. The number of hydrogen-bond donors (Lipinski definition) is 1. The molecule has 24 heavy (non-hydrogen) atoms. The van der Waals surface area contributed by atoms with Gasteiger partial charge < -0.3 is 4.74 Å². The molecule has 1 amide bonds. The van der Waals surface area contributed by atoms with E-state index in [1.165, 1.54) is 5.38 Å². The zero-order valence-electron chi connectivity index (χ0n) is 12.6. The van der Waals surface area contributed by atoms with Gasteiger partial charge in [-0.2, -0.15) is 0 Å². The number of rotatable bonds is 4. The maximum atomic E-state index is 12.3. The number of carbonyl (C=O) groups excluding carboxylic acids is 2. The van der Waals surface area contributed by atoms with Gasteiger partial charge in [0.05, 0.1) is 11.5 Å². The van der Waals surface area contributed by atoms with Crippen LogP contribution in [0.1, 0.15) is 27.1 Å². The summed E-state index contributed by atoms with van der Waals surface area (Å²) in [5.74, 6) is -0.975. The van der Waals surface area contributed by atoms with Crippen LogP contribution in [0.5, 0.6) is 0 Å². The Hall–Kier alpha value is -2.58. The molecule has 3 aromatic rings. The van der Waals surface area contributed by atoms with E-state index in [2.05, 4.69) is 10.3 Å². The van der Waals surface area contributed by atoms with E-state index in [9.17, 15) is 14.4 Å². The van der Waals surface area contributed by atoms with Crippen LogP contribution >= 0.6 is 22.7 Å². The van der Waals surface area contributed by atoms with E-state index in [4.69, 9.17) is 4.74 Å². The number of benzene rings is 1. The fourth-order valence-electron chi connectivity index (χ4n) is 2.03. The summed E-state index contributed by atoms with van der Waals surface area (Å²) in [5, 5.41) is 5.67. The number of hydrogen-bond acceptors (Lipinski definition) is 7. The molecule has 0 saturated heterocycles. The number of carbonyl (C=O) groups is 2. The molecule has 0 bridgehead atoms. The molecular weight excluding hydrogens is 348 g/mol.